The van der Waals surface area contributed by atoms with E-state index in [9.17, 15) is 9.59 Å². The molecule has 0 saturated heterocycles. The summed E-state index contributed by atoms with van der Waals surface area (Å²) in [5.74, 6) is 1.54. The summed E-state index contributed by atoms with van der Waals surface area (Å²) >= 11 is 0. The molecule has 3 aromatic rings. The van der Waals surface area contributed by atoms with Crippen molar-refractivity contribution in [2.75, 3.05) is 5.32 Å². The van der Waals surface area contributed by atoms with Crippen LogP contribution in [0.15, 0.2) is 54.6 Å². The number of aromatic nitrogens is 3. The van der Waals surface area contributed by atoms with Crippen LogP contribution >= 0.6 is 0 Å². The maximum atomic E-state index is 12.5. The van der Waals surface area contributed by atoms with Gasteiger partial charge in [0, 0.05) is 42.2 Å². The maximum Gasteiger partial charge on any atom is 0.251 e. The molecule has 0 radical (unpaired) electrons. The summed E-state index contributed by atoms with van der Waals surface area (Å²) < 4.78 is 2.19. The van der Waals surface area contributed by atoms with E-state index in [1.54, 1.807) is 12.1 Å². The van der Waals surface area contributed by atoms with Gasteiger partial charge in [-0.3, -0.25) is 9.59 Å². The number of rotatable bonds is 6. The van der Waals surface area contributed by atoms with Crippen molar-refractivity contribution in [1.82, 2.24) is 20.1 Å². The predicted octanol–water partition coefficient (Wildman–Crippen LogP) is 3.82. The molecule has 4 rings (SSSR count). The van der Waals surface area contributed by atoms with Gasteiger partial charge in [0.05, 0.1) is 0 Å². The largest absolute Gasteiger partial charge is 0.349 e. The first-order chi connectivity index (χ1) is 15.1. The molecule has 1 aliphatic rings. The number of benzene rings is 2. The maximum absolute atomic E-state index is 12.5. The minimum Gasteiger partial charge on any atom is -0.349 e. The van der Waals surface area contributed by atoms with Crippen molar-refractivity contribution in [2.24, 2.45) is 0 Å². The normalized spacial score (nSPS) is 14.2. The molecule has 1 atom stereocenters. The highest BCUT2D eigenvalue weighted by Gasteiger charge is 2.17. The zero-order valence-corrected chi connectivity index (χ0v) is 17.7. The molecule has 7 nitrogen and oxygen atoms in total. The molecule has 2 aromatic carbocycles. The summed E-state index contributed by atoms with van der Waals surface area (Å²) in [6.07, 6.45) is 4.62. The fourth-order valence-corrected chi connectivity index (χ4v) is 3.87. The summed E-state index contributed by atoms with van der Waals surface area (Å²) in [4.78, 5) is 24.8. The number of anilines is 1. The van der Waals surface area contributed by atoms with E-state index >= 15 is 0 Å². The number of fused-ring (bicyclic) bond motifs is 1. The Bertz CT molecular complexity index is 1060. The first-order valence-electron chi connectivity index (χ1n) is 10.8. The molecule has 0 saturated carbocycles. The van der Waals surface area contributed by atoms with Gasteiger partial charge in [-0.15, -0.1) is 10.2 Å². The molecule has 7 heteroatoms. The van der Waals surface area contributed by atoms with Crippen LogP contribution in [-0.2, 0) is 17.8 Å². The first kappa shape index (κ1) is 20.8. The van der Waals surface area contributed by atoms with Gasteiger partial charge in [0.1, 0.15) is 5.82 Å². The SMILES string of the molecule is CC(CC(=O)Nc1cccc(-c2nnc3n2CCCCC3)c1)NC(=O)c1ccccc1. The lowest BCUT2D eigenvalue weighted by Gasteiger charge is -2.14. The van der Waals surface area contributed by atoms with Gasteiger partial charge in [0.25, 0.3) is 5.91 Å². The lowest BCUT2D eigenvalue weighted by molar-refractivity contribution is -0.116. The van der Waals surface area contributed by atoms with Crippen LogP contribution in [0.2, 0.25) is 0 Å². The average Bonchev–Trinajstić information content (AvgIpc) is 3.02. The summed E-state index contributed by atoms with van der Waals surface area (Å²) in [6, 6.07) is 16.4. The standard InChI is InChI=1S/C24H27N5O2/c1-17(25-24(31)18-9-4-2-5-10-18)15-22(30)26-20-12-8-11-19(16-20)23-28-27-21-13-6-3-7-14-29(21)23/h2,4-5,8-12,16-17H,3,6-7,13-15H2,1H3,(H,25,31)(H,26,30). The van der Waals surface area contributed by atoms with Gasteiger partial charge in [-0.1, -0.05) is 36.8 Å². The highest BCUT2D eigenvalue weighted by atomic mass is 16.2. The molecule has 0 spiro atoms. The second-order valence-corrected chi connectivity index (χ2v) is 7.98. The van der Waals surface area contributed by atoms with Crippen LogP contribution in [0.5, 0.6) is 0 Å². The second-order valence-electron chi connectivity index (χ2n) is 7.98. The van der Waals surface area contributed by atoms with E-state index in [1.807, 2.05) is 49.4 Å². The van der Waals surface area contributed by atoms with Crippen LogP contribution in [0.1, 0.15) is 48.8 Å². The molecule has 1 aromatic heterocycles. The molecule has 0 fully saturated rings. The van der Waals surface area contributed by atoms with Gasteiger partial charge in [-0.05, 0) is 44.0 Å². The summed E-state index contributed by atoms with van der Waals surface area (Å²) in [7, 11) is 0. The molecular weight excluding hydrogens is 390 g/mol. The van der Waals surface area contributed by atoms with Crippen molar-refractivity contribution in [2.45, 2.75) is 51.6 Å². The van der Waals surface area contributed by atoms with Crippen molar-refractivity contribution >= 4 is 17.5 Å². The van der Waals surface area contributed by atoms with E-state index in [4.69, 9.17) is 0 Å². The molecule has 1 unspecified atom stereocenters. The topological polar surface area (TPSA) is 88.9 Å². The first-order valence-corrected chi connectivity index (χ1v) is 10.8. The van der Waals surface area contributed by atoms with Gasteiger partial charge in [-0.2, -0.15) is 0 Å². The van der Waals surface area contributed by atoms with Crippen LogP contribution < -0.4 is 10.6 Å². The molecule has 2 heterocycles. The third-order valence-electron chi connectivity index (χ3n) is 5.42. The zero-order chi connectivity index (χ0) is 21.6. The van der Waals surface area contributed by atoms with Gasteiger partial charge in [0.15, 0.2) is 5.82 Å². The van der Waals surface area contributed by atoms with E-state index in [0.717, 1.165) is 43.0 Å². The third-order valence-corrected chi connectivity index (χ3v) is 5.42. The number of nitrogens with one attached hydrogen (secondary N) is 2. The molecule has 1 aliphatic heterocycles. The minimum atomic E-state index is -0.289. The number of amides is 2. The van der Waals surface area contributed by atoms with Crippen molar-refractivity contribution in [3.63, 3.8) is 0 Å². The van der Waals surface area contributed by atoms with E-state index in [-0.39, 0.29) is 24.3 Å². The Kier molecular flexibility index (Phi) is 6.40. The van der Waals surface area contributed by atoms with E-state index < -0.39 is 0 Å². The van der Waals surface area contributed by atoms with Crippen LogP contribution in [-0.4, -0.2) is 32.6 Å². The van der Waals surface area contributed by atoms with Crippen LogP contribution in [0, 0.1) is 0 Å². The Balaban J connectivity index is 1.38. The average molecular weight is 418 g/mol. The predicted molar refractivity (Wildman–Crippen MR) is 120 cm³/mol. The summed E-state index contributed by atoms with van der Waals surface area (Å²) in [5, 5.41) is 14.6. The number of carbonyl (C=O) groups excluding carboxylic acids is 2. The summed E-state index contributed by atoms with van der Waals surface area (Å²) in [6.45, 7) is 2.75. The lowest BCUT2D eigenvalue weighted by atomic mass is 10.1. The number of nitrogens with zero attached hydrogens (tertiary/aromatic N) is 3. The number of carbonyl (C=O) groups is 2. The quantitative estimate of drug-likeness (QED) is 0.638. The van der Waals surface area contributed by atoms with Gasteiger partial charge < -0.3 is 15.2 Å². The van der Waals surface area contributed by atoms with Crippen molar-refractivity contribution in [3.05, 3.63) is 66.0 Å². The Labute approximate surface area is 181 Å². The molecule has 0 bridgehead atoms. The van der Waals surface area contributed by atoms with E-state index in [2.05, 4.69) is 25.4 Å². The molecule has 2 amide bonds. The number of aryl methyl sites for hydroxylation is 1. The number of hydrogen-bond donors (Lipinski definition) is 2. The molecular formula is C24H27N5O2. The van der Waals surface area contributed by atoms with Gasteiger partial charge in [-0.25, -0.2) is 0 Å². The molecule has 0 aliphatic carbocycles. The smallest absolute Gasteiger partial charge is 0.251 e. The molecule has 2 N–H and O–H groups in total. The fraction of sp³-hybridized carbons (Fsp3) is 0.333. The Hall–Kier alpha value is -3.48. The van der Waals surface area contributed by atoms with Gasteiger partial charge in [0.2, 0.25) is 5.91 Å². The highest BCUT2D eigenvalue weighted by molar-refractivity contribution is 5.95. The molecule has 160 valence electrons. The zero-order valence-electron chi connectivity index (χ0n) is 17.7. The lowest BCUT2D eigenvalue weighted by Crippen LogP contribution is -2.35. The van der Waals surface area contributed by atoms with Crippen molar-refractivity contribution in [3.8, 4) is 11.4 Å². The van der Waals surface area contributed by atoms with Crippen LogP contribution in [0.3, 0.4) is 0 Å². The Morgan fingerprint density at radius 1 is 1.03 bits per heavy atom. The fourth-order valence-electron chi connectivity index (χ4n) is 3.87. The minimum absolute atomic E-state index is 0.155. The second kappa shape index (κ2) is 9.55. The van der Waals surface area contributed by atoms with Gasteiger partial charge >= 0.3 is 0 Å². The van der Waals surface area contributed by atoms with Crippen LogP contribution in [0.25, 0.3) is 11.4 Å². The van der Waals surface area contributed by atoms with Crippen LogP contribution in [0.4, 0.5) is 5.69 Å². The molecule has 31 heavy (non-hydrogen) atoms. The van der Waals surface area contributed by atoms with E-state index in [0.29, 0.717) is 11.3 Å². The van der Waals surface area contributed by atoms with Crippen molar-refractivity contribution in [1.29, 1.82) is 0 Å². The Morgan fingerprint density at radius 2 is 1.87 bits per heavy atom. The van der Waals surface area contributed by atoms with E-state index in [1.165, 1.54) is 6.42 Å². The third kappa shape index (κ3) is 5.17. The monoisotopic (exact) mass is 417 g/mol. The Morgan fingerprint density at radius 3 is 2.71 bits per heavy atom. The van der Waals surface area contributed by atoms with Crippen molar-refractivity contribution < 1.29 is 9.59 Å². The highest BCUT2D eigenvalue weighted by Crippen LogP contribution is 2.25. The summed E-state index contributed by atoms with van der Waals surface area (Å²) in [5.41, 5.74) is 2.22. The number of hydrogen-bond acceptors (Lipinski definition) is 4.